The van der Waals surface area contributed by atoms with Crippen molar-refractivity contribution in [3.63, 3.8) is 0 Å². The van der Waals surface area contributed by atoms with Gasteiger partial charge in [-0.2, -0.15) is 5.10 Å². The minimum atomic E-state index is -0.252. The van der Waals surface area contributed by atoms with Gasteiger partial charge in [-0.15, -0.1) is 0 Å². The van der Waals surface area contributed by atoms with Gasteiger partial charge in [0.05, 0.1) is 18.8 Å². The van der Waals surface area contributed by atoms with Crippen LogP contribution in [0.5, 0.6) is 0 Å². The Morgan fingerprint density at radius 1 is 1.38 bits per heavy atom. The van der Waals surface area contributed by atoms with Crippen molar-refractivity contribution in [3.8, 4) is 0 Å². The molecule has 1 aliphatic heterocycles. The molecule has 140 valence electrons. The zero-order valence-electron chi connectivity index (χ0n) is 16.2. The SMILES string of the molecule is CCCC(C(=O)N(C)CC1OCCc2ccccc21)n1nc(C)cc1C. The van der Waals surface area contributed by atoms with E-state index in [2.05, 4.69) is 30.2 Å². The number of rotatable bonds is 6. The van der Waals surface area contributed by atoms with Gasteiger partial charge >= 0.3 is 0 Å². The highest BCUT2D eigenvalue weighted by molar-refractivity contribution is 5.80. The van der Waals surface area contributed by atoms with E-state index < -0.39 is 0 Å². The van der Waals surface area contributed by atoms with E-state index in [0.717, 1.165) is 30.7 Å². The molecule has 1 aliphatic rings. The quantitative estimate of drug-likeness (QED) is 0.795. The highest BCUT2D eigenvalue weighted by Gasteiger charge is 2.29. The maximum atomic E-state index is 13.2. The molecule has 2 heterocycles. The zero-order valence-corrected chi connectivity index (χ0v) is 16.2. The summed E-state index contributed by atoms with van der Waals surface area (Å²) in [5.74, 6) is 0.102. The lowest BCUT2D eigenvalue weighted by Gasteiger charge is -2.31. The molecule has 0 radical (unpaired) electrons. The van der Waals surface area contributed by atoms with E-state index >= 15 is 0 Å². The Morgan fingerprint density at radius 2 is 2.15 bits per heavy atom. The lowest BCUT2D eigenvalue weighted by molar-refractivity contribution is -0.136. The zero-order chi connectivity index (χ0) is 18.7. The number of nitrogens with zero attached hydrogens (tertiary/aromatic N) is 3. The molecule has 0 spiro atoms. The van der Waals surface area contributed by atoms with Crippen LogP contribution >= 0.6 is 0 Å². The highest BCUT2D eigenvalue weighted by Crippen LogP contribution is 2.28. The predicted molar refractivity (Wildman–Crippen MR) is 102 cm³/mol. The molecule has 2 aromatic rings. The minimum Gasteiger partial charge on any atom is -0.371 e. The van der Waals surface area contributed by atoms with Crippen LogP contribution in [0, 0.1) is 13.8 Å². The van der Waals surface area contributed by atoms with Crippen molar-refractivity contribution in [1.29, 1.82) is 0 Å². The summed E-state index contributed by atoms with van der Waals surface area (Å²) < 4.78 is 7.86. The molecule has 26 heavy (non-hydrogen) atoms. The third kappa shape index (κ3) is 3.83. The number of carbonyl (C=O) groups excluding carboxylic acids is 1. The van der Waals surface area contributed by atoms with Crippen molar-refractivity contribution < 1.29 is 9.53 Å². The summed E-state index contributed by atoms with van der Waals surface area (Å²) in [5, 5.41) is 4.55. The molecule has 1 aromatic carbocycles. The van der Waals surface area contributed by atoms with Crippen LogP contribution in [-0.2, 0) is 16.0 Å². The number of carbonyl (C=O) groups is 1. The van der Waals surface area contributed by atoms with Gasteiger partial charge in [-0.25, -0.2) is 0 Å². The van der Waals surface area contributed by atoms with Crippen molar-refractivity contribution in [2.75, 3.05) is 20.2 Å². The maximum absolute atomic E-state index is 13.2. The van der Waals surface area contributed by atoms with E-state index in [0.29, 0.717) is 13.2 Å². The summed E-state index contributed by atoms with van der Waals surface area (Å²) in [5.41, 5.74) is 4.51. The Labute approximate surface area is 156 Å². The van der Waals surface area contributed by atoms with Gasteiger partial charge in [0.2, 0.25) is 5.91 Å². The molecule has 0 N–H and O–H groups in total. The van der Waals surface area contributed by atoms with Crippen LogP contribution < -0.4 is 0 Å². The van der Waals surface area contributed by atoms with E-state index in [4.69, 9.17) is 4.74 Å². The number of aromatic nitrogens is 2. The van der Waals surface area contributed by atoms with Gasteiger partial charge in [0.25, 0.3) is 0 Å². The van der Waals surface area contributed by atoms with E-state index in [1.165, 1.54) is 11.1 Å². The Bertz CT molecular complexity index is 768. The Kier molecular flexibility index (Phi) is 5.77. The third-order valence-corrected chi connectivity index (χ3v) is 5.10. The van der Waals surface area contributed by atoms with Gasteiger partial charge in [0.15, 0.2) is 0 Å². The third-order valence-electron chi connectivity index (χ3n) is 5.10. The number of hydrogen-bond donors (Lipinski definition) is 0. The number of benzene rings is 1. The predicted octanol–water partition coefficient (Wildman–Crippen LogP) is 3.61. The molecule has 0 aliphatic carbocycles. The lowest BCUT2D eigenvalue weighted by Crippen LogP contribution is -2.39. The first kappa shape index (κ1) is 18.6. The van der Waals surface area contributed by atoms with Crippen LogP contribution in [0.2, 0.25) is 0 Å². The fourth-order valence-corrected chi connectivity index (χ4v) is 3.81. The second-order valence-electron chi connectivity index (χ2n) is 7.20. The van der Waals surface area contributed by atoms with Crippen LogP contribution in [0.3, 0.4) is 0 Å². The first-order valence-corrected chi connectivity index (χ1v) is 9.48. The number of fused-ring (bicyclic) bond motifs is 1. The van der Waals surface area contributed by atoms with E-state index in [1.807, 2.05) is 42.6 Å². The van der Waals surface area contributed by atoms with E-state index in [1.54, 1.807) is 0 Å². The van der Waals surface area contributed by atoms with Gasteiger partial charge in [-0.1, -0.05) is 37.6 Å². The van der Waals surface area contributed by atoms with Crippen LogP contribution in [-0.4, -0.2) is 40.8 Å². The molecular weight excluding hydrogens is 326 g/mol. The standard InChI is InChI=1S/C21H29N3O2/c1-5-8-19(24-16(3)13-15(2)22-24)21(25)23(4)14-20-18-10-7-6-9-17(18)11-12-26-20/h6-7,9-10,13,19-20H,5,8,11-12,14H2,1-4H3. The minimum absolute atomic E-state index is 0.0587. The van der Waals surface area contributed by atoms with Gasteiger partial charge in [-0.3, -0.25) is 9.48 Å². The number of hydrogen-bond acceptors (Lipinski definition) is 3. The average Bonchev–Trinajstić information content (AvgIpc) is 2.97. The Morgan fingerprint density at radius 3 is 2.85 bits per heavy atom. The monoisotopic (exact) mass is 355 g/mol. The molecule has 2 unspecified atom stereocenters. The molecule has 3 rings (SSSR count). The number of amides is 1. The molecule has 5 nitrogen and oxygen atoms in total. The second kappa shape index (κ2) is 8.04. The molecule has 0 saturated carbocycles. The van der Waals surface area contributed by atoms with Gasteiger partial charge in [0, 0.05) is 12.7 Å². The normalized spacial score (nSPS) is 17.6. The molecule has 0 saturated heterocycles. The molecule has 5 heteroatoms. The Hall–Kier alpha value is -2.14. The summed E-state index contributed by atoms with van der Waals surface area (Å²) in [6.45, 7) is 7.35. The topological polar surface area (TPSA) is 47.4 Å². The molecule has 2 atom stereocenters. The Balaban J connectivity index is 1.77. The summed E-state index contributed by atoms with van der Waals surface area (Å²) in [4.78, 5) is 15.0. The number of aryl methyl sites for hydroxylation is 2. The summed E-state index contributed by atoms with van der Waals surface area (Å²) in [7, 11) is 1.87. The van der Waals surface area contributed by atoms with Crippen molar-refractivity contribution in [2.45, 2.75) is 52.2 Å². The molecular formula is C21H29N3O2. The van der Waals surface area contributed by atoms with Crippen molar-refractivity contribution in [1.82, 2.24) is 14.7 Å². The largest absolute Gasteiger partial charge is 0.371 e. The van der Waals surface area contributed by atoms with E-state index in [9.17, 15) is 4.79 Å². The number of ether oxygens (including phenoxy) is 1. The van der Waals surface area contributed by atoms with E-state index in [-0.39, 0.29) is 18.1 Å². The number of likely N-dealkylation sites (N-methyl/N-ethyl adjacent to an activating group) is 1. The molecule has 0 bridgehead atoms. The van der Waals surface area contributed by atoms with Crippen molar-refractivity contribution >= 4 is 5.91 Å². The smallest absolute Gasteiger partial charge is 0.247 e. The molecule has 1 aromatic heterocycles. The van der Waals surface area contributed by atoms with Gasteiger partial charge in [-0.05, 0) is 43.9 Å². The fourth-order valence-electron chi connectivity index (χ4n) is 3.81. The average molecular weight is 355 g/mol. The van der Waals surface area contributed by atoms with Crippen molar-refractivity contribution in [2.24, 2.45) is 0 Å². The van der Waals surface area contributed by atoms with Gasteiger partial charge in [0.1, 0.15) is 12.1 Å². The summed E-state index contributed by atoms with van der Waals surface area (Å²) in [6.07, 6.45) is 2.60. The lowest BCUT2D eigenvalue weighted by atomic mass is 9.97. The highest BCUT2D eigenvalue weighted by atomic mass is 16.5. The van der Waals surface area contributed by atoms with Crippen LogP contribution in [0.1, 0.15) is 54.4 Å². The van der Waals surface area contributed by atoms with Crippen molar-refractivity contribution in [3.05, 3.63) is 52.8 Å². The molecule has 0 fully saturated rings. The summed E-state index contributed by atoms with van der Waals surface area (Å²) >= 11 is 0. The second-order valence-corrected chi connectivity index (χ2v) is 7.20. The summed E-state index contributed by atoms with van der Waals surface area (Å²) in [6, 6.07) is 10.1. The fraction of sp³-hybridized carbons (Fsp3) is 0.524. The van der Waals surface area contributed by atoms with Crippen LogP contribution in [0.25, 0.3) is 0 Å². The first-order chi connectivity index (χ1) is 12.5. The van der Waals surface area contributed by atoms with Crippen LogP contribution in [0.15, 0.2) is 30.3 Å². The van der Waals surface area contributed by atoms with Gasteiger partial charge < -0.3 is 9.64 Å². The van der Waals surface area contributed by atoms with Crippen LogP contribution in [0.4, 0.5) is 0 Å². The maximum Gasteiger partial charge on any atom is 0.247 e. The molecule has 1 amide bonds. The first-order valence-electron chi connectivity index (χ1n) is 9.48.